The number of aliphatic hydroxyl groups is 1. The van der Waals surface area contributed by atoms with E-state index in [0.29, 0.717) is 5.56 Å². The van der Waals surface area contributed by atoms with E-state index in [0.717, 1.165) is 12.0 Å². The van der Waals surface area contributed by atoms with Gasteiger partial charge in [0.15, 0.2) is 0 Å². The molecule has 0 aliphatic heterocycles. The molecule has 20 heavy (non-hydrogen) atoms. The number of nitrogens with one attached hydrogen (secondary N) is 1. The Kier molecular flexibility index (Phi) is 4.79. The standard InChI is InChI=1S/C15H17N3O2/c1-2-11-3-5-12(6-4-11)14(10-19)18-15(20)13-7-8-16-17-9-13/h3-9,14,19H,2,10H2,1H3,(H,18,20). The predicted molar refractivity (Wildman–Crippen MR) is 75.1 cm³/mol. The Bertz CT molecular complexity index is 555. The number of aliphatic hydroxyl groups excluding tert-OH is 1. The largest absolute Gasteiger partial charge is 0.394 e. The Morgan fingerprint density at radius 2 is 2.00 bits per heavy atom. The van der Waals surface area contributed by atoms with Crippen molar-refractivity contribution in [2.45, 2.75) is 19.4 Å². The second-order valence-electron chi connectivity index (χ2n) is 4.43. The molecule has 1 aromatic carbocycles. The van der Waals surface area contributed by atoms with E-state index in [1.54, 1.807) is 6.07 Å². The maximum atomic E-state index is 12.0. The van der Waals surface area contributed by atoms with E-state index in [9.17, 15) is 9.90 Å². The van der Waals surface area contributed by atoms with Gasteiger partial charge in [-0.1, -0.05) is 31.2 Å². The van der Waals surface area contributed by atoms with Gasteiger partial charge in [0, 0.05) is 0 Å². The molecule has 0 saturated carbocycles. The third kappa shape index (κ3) is 3.39. The highest BCUT2D eigenvalue weighted by molar-refractivity contribution is 5.94. The van der Waals surface area contributed by atoms with Gasteiger partial charge in [-0.25, -0.2) is 0 Å². The lowest BCUT2D eigenvalue weighted by atomic mass is 10.0. The van der Waals surface area contributed by atoms with E-state index >= 15 is 0 Å². The maximum Gasteiger partial charge on any atom is 0.253 e. The number of benzene rings is 1. The lowest BCUT2D eigenvalue weighted by molar-refractivity contribution is 0.0915. The summed E-state index contributed by atoms with van der Waals surface area (Å²) in [6.45, 7) is 1.92. The van der Waals surface area contributed by atoms with Gasteiger partial charge in [-0.3, -0.25) is 4.79 Å². The summed E-state index contributed by atoms with van der Waals surface area (Å²) in [6, 6.07) is 8.99. The molecule has 5 heteroatoms. The number of aryl methyl sites for hydroxylation is 1. The number of carbonyl (C=O) groups excluding carboxylic acids is 1. The normalized spacial score (nSPS) is 11.9. The first-order valence-corrected chi connectivity index (χ1v) is 6.52. The van der Waals surface area contributed by atoms with Gasteiger partial charge < -0.3 is 10.4 Å². The van der Waals surface area contributed by atoms with E-state index in [1.807, 2.05) is 24.3 Å². The monoisotopic (exact) mass is 271 g/mol. The average Bonchev–Trinajstić information content (AvgIpc) is 2.53. The van der Waals surface area contributed by atoms with Gasteiger partial charge in [-0.2, -0.15) is 10.2 Å². The molecule has 0 bridgehead atoms. The number of hydrogen-bond acceptors (Lipinski definition) is 4. The summed E-state index contributed by atoms with van der Waals surface area (Å²) in [5.74, 6) is -0.279. The quantitative estimate of drug-likeness (QED) is 0.864. The van der Waals surface area contributed by atoms with Crippen molar-refractivity contribution in [3.8, 4) is 0 Å². The van der Waals surface area contributed by atoms with Crippen LogP contribution in [-0.2, 0) is 6.42 Å². The van der Waals surface area contributed by atoms with Gasteiger partial charge in [0.25, 0.3) is 5.91 Å². The minimum absolute atomic E-state index is 0.157. The predicted octanol–water partition coefficient (Wildman–Crippen LogP) is 1.50. The van der Waals surface area contributed by atoms with Crippen LogP contribution in [0.25, 0.3) is 0 Å². The first-order chi connectivity index (χ1) is 9.74. The molecule has 0 spiro atoms. The highest BCUT2D eigenvalue weighted by atomic mass is 16.3. The summed E-state index contributed by atoms with van der Waals surface area (Å²) < 4.78 is 0. The van der Waals surface area contributed by atoms with Crippen molar-refractivity contribution in [2.75, 3.05) is 6.61 Å². The van der Waals surface area contributed by atoms with Crippen LogP contribution in [0.3, 0.4) is 0 Å². The highest BCUT2D eigenvalue weighted by Crippen LogP contribution is 2.14. The molecule has 2 rings (SSSR count). The molecule has 5 nitrogen and oxygen atoms in total. The summed E-state index contributed by atoms with van der Waals surface area (Å²) in [5.41, 5.74) is 2.51. The van der Waals surface area contributed by atoms with Crippen LogP contribution in [0.15, 0.2) is 42.7 Å². The zero-order chi connectivity index (χ0) is 14.4. The van der Waals surface area contributed by atoms with Crippen LogP contribution >= 0.6 is 0 Å². The van der Waals surface area contributed by atoms with Gasteiger partial charge in [0.2, 0.25) is 0 Å². The lowest BCUT2D eigenvalue weighted by Crippen LogP contribution is -2.30. The first kappa shape index (κ1) is 14.1. The SMILES string of the molecule is CCc1ccc(C(CO)NC(=O)c2ccnnc2)cc1. The van der Waals surface area contributed by atoms with E-state index in [-0.39, 0.29) is 12.5 Å². The molecular weight excluding hydrogens is 254 g/mol. The van der Waals surface area contributed by atoms with Crippen LogP contribution in [0, 0.1) is 0 Å². The van der Waals surface area contributed by atoms with Gasteiger partial charge in [-0.15, -0.1) is 0 Å². The molecule has 1 amide bonds. The van der Waals surface area contributed by atoms with Crippen molar-refractivity contribution < 1.29 is 9.90 Å². The van der Waals surface area contributed by atoms with Crippen LogP contribution in [0.5, 0.6) is 0 Å². The molecule has 0 aliphatic rings. The van der Waals surface area contributed by atoms with Crippen molar-refractivity contribution in [1.82, 2.24) is 15.5 Å². The van der Waals surface area contributed by atoms with Crippen molar-refractivity contribution in [3.05, 3.63) is 59.4 Å². The first-order valence-electron chi connectivity index (χ1n) is 6.52. The molecule has 1 atom stereocenters. The molecule has 0 radical (unpaired) electrons. The number of carbonyl (C=O) groups is 1. The molecule has 2 N–H and O–H groups in total. The Morgan fingerprint density at radius 1 is 1.25 bits per heavy atom. The average molecular weight is 271 g/mol. The summed E-state index contributed by atoms with van der Waals surface area (Å²) in [6.07, 6.45) is 3.81. The van der Waals surface area contributed by atoms with E-state index in [1.165, 1.54) is 18.0 Å². The minimum Gasteiger partial charge on any atom is -0.394 e. The Labute approximate surface area is 117 Å². The number of nitrogens with zero attached hydrogens (tertiary/aromatic N) is 2. The van der Waals surface area contributed by atoms with Crippen LogP contribution in [0.2, 0.25) is 0 Å². The van der Waals surface area contributed by atoms with Gasteiger partial charge in [0.05, 0.1) is 30.6 Å². The summed E-state index contributed by atoms with van der Waals surface area (Å²) >= 11 is 0. The molecule has 0 saturated heterocycles. The second kappa shape index (κ2) is 6.77. The Hall–Kier alpha value is -2.27. The van der Waals surface area contributed by atoms with Crippen LogP contribution in [-0.4, -0.2) is 27.8 Å². The molecule has 0 aliphatic carbocycles. The highest BCUT2D eigenvalue weighted by Gasteiger charge is 2.15. The van der Waals surface area contributed by atoms with Crippen molar-refractivity contribution in [2.24, 2.45) is 0 Å². The third-order valence-electron chi connectivity index (χ3n) is 3.12. The minimum atomic E-state index is -0.429. The summed E-state index contributed by atoms with van der Waals surface area (Å²) in [4.78, 5) is 12.0. The number of hydrogen-bond donors (Lipinski definition) is 2. The molecule has 1 unspecified atom stereocenters. The molecular formula is C15H17N3O2. The molecule has 104 valence electrons. The second-order valence-corrected chi connectivity index (χ2v) is 4.43. The molecule has 2 aromatic rings. The fourth-order valence-electron chi connectivity index (χ4n) is 1.89. The summed E-state index contributed by atoms with van der Waals surface area (Å²) in [7, 11) is 0. The van der Waals surface area contributed by atoms with Crippen LogP contribution in [0.1, 0.15) is 34.5 Å². The zero-order valence-corrected chi connectivity index (χ0v) is 11.3. The van der Waals surface area contributed by atoms with Crippen LogP contribution in [0.4, 0.5) is 0 Å². The number of rotatable bonds is 5. The number of aromatic nitrogens is 2. The van der Waals surface area contributed by atoms with Gasteiger partial charge in [0.1, 0.15) is 0 Å². The fourth-order valence-corrected chi connectivity index (χ4v) is 1.89. The van der Waals surface area contributed by atoms with Crippen molar-refractivity contribution in [3.63, 3.8) is 0 Å². The number of amides is 1. The fraction of sp³-hybridized carbons (Fsp3) is 0.267. The van der Waals surface area contributed by atoms with E-state index in [4.69, 9.17) is 0 Å². The van der Waals surface area contributed by atoms with E-state index < -0.39 is 6.04 Å². The molecule has 1 aromatic heterocycles. The Balaban J connectivity index is 2.10. The van der Waals surface area contributed by atoms with Crippen molar-refractivity contribution >= 4 is 5.91 Å². The van der Waals surface area contributed by atoms with Gasteiger partial charge in [-0.05, 0) is 23.6 Å². The zero-order valence-electron chi connectivity index (χ0n) is 11.3. The maximum absolute atomic E-state index is 12.0. The Morgan fingerprint density at radius 3 is 2.55 bits per heavy atom. The third-order valence-corrected chi connectivity index (χ3v) is 3.12. The van der Waals surface area contributed by atoms with Gasteiger partial charge >= 0.3 is 0 Å². The van der Waals surface area contributed by atoms with E-state index in [2.05, 4.69) is 22.4 Å². The molecule has 1 heterocycles. The molecule has 0 fully saturated rings. The summed E-state index contributed by atoms with van der Waals surface area (Å²) in [5, 5.41) is 19.5. The van der Waals surface area contributed by atoms with Crippen molar-refractivity contribution in [1.29, 1.82) is 0 Å². The smallest absolute Gasteiger partial charge is 0.253 e. The van der Waals surface area contributed by atoms with Crippen LogP contribution < -0.4 is 5.32 Å². The lowest BCUT2D eigenvalue weighted by Gasteiger charge is -2.17. The topological polar surface area (TPSA) is 75.1 Å².